The van der Waals surface area contributed by atoms with E-state index in [0.717, 1.165) is 11.1 Å². The molecule has 4 rings (SSSR count). The van der Waals surface area contributed by atoms with Crippen molar-refractivity contribution in [3.63, 3.8) is 0 Å². The van der Waals surface area contributed by atoms with Crippen LogP contribution in [0.15, 0.2) is 59.8 Å². The van der Waals surface area contributed by atoms with Crippen molar-refractivity contribution in [1.29, 1.82) is 0 Å². The van der Waals surface area contributed by atoms with Gasteiger partial charge in [0.25, 0.3) is 5.72 Å². The molecule has 1 heterocycles. The van der Waals surface area contributed by atoms with E-state index in [1.165, 1.54) is 7.11 Å². The van der Waals surface area contributed by atoms with Crippen LogP contribution in [0.25, 0.3) is 5.70 Å². The molecule has 1 aliphatic heterocycles. The first-order chi connectivity index (χ1) is 17.3. The Kier molecular flexibility index (Phi) is 7.08. The molecule has 0 spiro atoms. The van der Waals surface area contributed by atoms with Crippen LogP contribution in [0.1, 0.15) is 29.5 Å². The number of rotatable bonds is 6. The van der Waals surface area contributed by atoms with Crippen LogP contribution >= 0.6 is 0 Å². The highest BCUT2D eigenvalue weighted by Crippen LogP contribution is 2.44. The smallest absolute Gasteiger partial charge is 0.366 e. The molecule has 0 saturated carbocycles. The van der Waals surface area contributed by atoms with Crippen molar-refractivity contribution in [3.05, 3.63) is 76.5 Å². The van der Waals surface area contributed by atoms with E-state index in [-0.39, 0.29) is 18.0 Å². The fraction of sp³-hybridized carbons (Fsp3) is 0.357. The molecule has 0 aromatic heterocycles. The van der Waals surface area contributed by atoms with Crippen molar-refractivity contribution >= 4 is 17.4 Å². The number of Topliss-reactive ketones (excluding diaryl/α,β-unsaturated/α-hetero) is 1. The minimum Gasteiger partial charge on any atom is -0.497 e. The minimum atomic E-state index is -2.20. The number of fused-ring (bicyclic) bond motifs is 2. The van der Waals surface area contributed by atoms with Crippen LogP contribution in [0.2, 0.25) is 0 Å². The van der Waals surface area contributed by atoms with Crippen molar-refractivity contribution in [2.45, 2.75) is 31.5 Å². The van der Waals surface area contributed by atoms with Gasteiger partial charge in [0.1, 0.15) is 11.5 Å². The average molecular weight is 493 g/mol. The molecule has 1 atom stereocenters. The number of esters is 1. The summed E-state index contributed by atoms with van der Waals surface area (Å²) in [6.45, 7) is 0.0599. The number of hydrogen-bond donors (Lipinski definition) is 1. The first kappa shape index (κ1) is 25.3. The van der Waals surface area contributed by atoms with Crippen LogP contribution in [0.5, 0.6) is 11.5 Å². The lowest BCUT2D eigenvalue weighted by molar-refractivity contribution is -0.176. The van der Waals surface area contributed by atoms with Gasteiger partial charge in [-0.2, -0.15) is 0 Å². The molecule has 0 radical (unpaired) electrons. The summed E-state index contributed by atoms with van der Waals surface area (Å²) in [6.07, 6.45) is 3.41. The number of aliphatic hydroxyl groups is 1. The fourth-order valence-corrected chi connectivity index (χ4v) is 4.94. The first-order valence-corrected chi connectivity index (χ1v) is 11.8. The predicted molar refractivity (Wildman–Crippen MR) is 135 cm³/mol. The van der Waals surface area contributed by atoms with Crippen LogP contribution < -0.4 is 9.47 Å². The first-order valence-electron chi connectivity index (χ1n) is 11.8. The lowest BCUT2D eigenvalue weighted by atomic mass is 9.84. The Bertz CT molecular complexity index is 1250. The van der Waals surface area contributed by atoms with Crippen LogP contribution in [0.3, 0.4) is 0 Å². The number of benzene rings is 2. The summed E-state index contributed by atoms with van der Waals surface area (Å²) in [7, 11) is 7.79. The third-order valence-electron chi connectivity index (χ3n) is 6.75. The lowest BCUT2D eigenvalue weighted by Gasteiger charge is -2.47. The molecule has 190 valence electrons. The quantitative estimate of drug-likeness (QED) is 0.616. The van der Waals surface area contributed by atoms with Gasteiger partial charge in [-0.15, -0.1) is 0 Å². The van der Waals surface area contributed by atoms with E-state index in [4.69, 9.17) is 14.2 Å². The number of aryl methyl sites for hydroxylation is 1. The van der Waals surface area contributed by atoms with Crippen molar-refractivity contribution in [1.82, 2.24) is 9.80 Å². The van der Waals surface area contributed by atoms with Crippen LogP contribution in [0.4, 0.5) is 0 Å². The summed E-state index contributed by atoms with van der Waals surface area (Å²) >= 11 is 0. The maximum Gasteiger partial charge on any atom is 0.366 e. The summed E-state index contributed by atoms with van der Waals surface area (Å²) in [4.78, 5) is 30.0. The number of carbonyl (C=O) groups is 2. The van der Waals surface area contributed by atoms with Crippen molar-refractivity contribution in [2.24, 2.45) is 0 Å². The molecule has 2 aromatic rings. The molecule has 1 N–H and O–H groups in total. The van der Waals surface area contributed by atoms with E-state index in [1.807, 2.05) is 30.3 Å². The summed E-state index contributed by atoms with van der Waals surface area (Å²) in [6, 6.07) is 13.1. The van der Waals surface area contributed by atoms with E-state index in [2.05, 4.69) is 0 Å². The molecular formula is C28H32N2O6. The molecule has 1 unspecified atom stereocenters. The zero-order chi connectivity index (χ0) is 26.0. The number of nitrogens with zero attached hydrogens (tertiary/aromatic N) is 2. The Balaban J connectivity index is 2.03. The Labute approximate surface area is 211 Å². The number of likely N-dealkylation sites (N-methyl/N-ethyl adjacent to an activating group) is 1. The van der Waals surface area contributed by atoms with Crippen LogP contribution in [-0.4, -0.2) is 67.8 Å². The van der Waals surface area contributed by atoms with Gasteiger partial charge in [0.15, 0.2) is 5.78 Å². The second-order valence-electron chi connectivity index (χ2n) is 9.05. The lowest BCUT2D eigenvalue weighted by Crippen LogP contribution is -2.59. The van der Waals surface area contributed by atoms with Gasteiger partial charge in [-0.1, -0.05) is 24.3 Å². The number of ketones is 1. The van der Waals surface area contributed by atoms with Crippen LogP contribution in [-0.2, 0) is 27.3 Å². The Morgan fingerprint density at radius 2 is 1.83 bits per heavy atom. The summed E-state index contributed by atoms with van der Waals surface area (Å²) in [5, 5.41) is 12.2. The third kappa shape index (κ3) is 4.22. The third-order valence-corrected chi connectivity index (χ3v) is 6.75. The topological polar surface area (TPSA) is 88.5 Å². The molecule has 2 aromatic carbocycles. The molecule has 2 aliphatic rings. The molecule has 8 nitrogen and oxygen atoms in total. The van der Waals surface area contributed by atoms with E-state index in [0.29, 0.717) is 47.6 Å². The molecule has 0 fully saturated rings. The van der Waals surface area contributed by atoms with Crippen molar-refractivity contribution in [2.75, 3.05) is 35.4 Å². The molecule has 8 heteroatoms. The normalized spacial score (nSPS) is 19.4. The maximum atomic E-state index is 13.4. The molecule has 36 heavy (non-hydrogen) atoms. The van der Waals surface area contributed by atoms with Crippen LogP contribution in [0, 0.1) is 0 Å². The second kappa shape index (κ2) is 10.1. The molecule has 0 saturated heterocycles. The zero-order valence-corrected chi connectivity index (χ0v) is 21.3. The summed E-state index contributed by atoms with van der Waals surface area (Å²) < 4.78 is 16.1. The van der Waals surface area contributed by atoms with Gasteiger partial charge in [-0.3, -0.25) is 4.79 Å². The molecule has 1 aliphatic carbocycles. The average Bonchev–Trinajstić information content (AvgIpc) is 2.88. The largest absolute Gasteiger partial charge is 0.497 e. The Hall–Kier alpha value is -3.78. The molecule has 0 bridgehead atoms. The standard InChI is InChI=1S/C28H32N2O6/c1-29(2)25-16-22-23(31)12-8-10-18-9-6-7-11-21(18)26(22)30(28(25,33)27(32)36-5)17-19-13-14-20(34-3)15-24(19)35-4/h6-7,9,11,13-16,33H,8,10,12,17H2,1-5H3. The van der Waals surface area contributed by atoms with E-state index in [1.54, 1.807) is 56.3 Å². The van der Waals surface area contributed by atoms with E-state index < -0.39 is 11.7 Å². The zero-order valence-electron chi connectivity index (χ0n) is 21.3. The highest BCUT2D eigenvalue weighted by molar-refractivity contribution is 6.07. The summed E-state index contributed by atoms with van der Waals surface area (Å²) in [5.41, 5.74) is 1.52. The van der Waals surface area contributed by atoms with Gasteiger partial charge in [-0.25, -0.2) is 4.79 Å². The highest BCUT2D eigenvalue weighted by Gasteiger charge is 2.53. The number of ether oxygens (including phenoxy) is 3. The number of methoxy groups -OCH3 is 3. The van der Waals surface area contributed by atoms with E-state index in [9.17, 15) is 14.7 Å². The number of hydrogen-bond acceptors (Lipinski definition) is 8. The van der Waals surface area contributed by atoms with E-state index >= 15 is 0 Å². The Morgan fingerprint density at radius 3 is 2.50 bits per heavy atom. The van der Waals surface area contributed by atoms with Crippen molar-refractivity contribution in [3.8, 4) is 11.5 Å². The SMILES string of the molecule is COC(=O)C1(O)C(N(C)C)=CC2=C(c3ccccc3CCCC2=O)N1Cc1ccc(OC)cc1OC. The summed E-state index contributed by atoms with van der Waals surface area (Å²) in [5.74, 6) is 0.235. The monoisotopic (exact) mass is 492 g/mol. The molecular weight excluding hydrogens is 460 g/mol. The fourth-order valence-electron chi connectivity index (χ4n) is 4.94. The number of allylic oxidation sites excluding steroid dienone is 2. The number of carbonyl (C=O) groups excluding carboxylic acids is 2. The second-order valence-corrected chi connectivity index (χ2v) is 9.05. The Morgan fingerprint density at radius 1 is 1.08 bits per heavy atom. The maximum absolute atomic E-state index is 13.4. The van der Waals surface area contributed by atoms with Crippen molar-refractivity contribution < 1.29 is 28.9 Å². The van der Waals surface area contributed by atoms with Gasteiger partial charge in [-0.05, 0) is 36.6 Å². The van der Waals surface area contributed by atoms with Gasteiger partial charge in [0.05, 0.1) is 39.3 Å². The van der Waals surface area contributed by atoms with Gasteiger partial charge in [0, 0.05) is 43.3 Å². The van der Waals surface area contributed by atoms with Gasteiger partial charge >= 0.3 is 5.97 Å². The highest BCUT2D eigenvalue weighted by atomic mass is 16.5. The van der Waals surface area contributed by atoms with Gasteiger partial charge < -0.3 is 29.1 Å². The molecule has 0 amide bonds. The predicted octanol–water partition coefficient (Wildman–Crippen LogP) is 3.14. The minimum absolute atomic E-state index is 0.0440. The van der Waals surface area contributed by atoms with Gasteiger partial charge in [0.2, 0.25) is 0 Å².